The van der Waals surface area contributed by atoms with Crippen molar-refractivity contribution in [2.45, 2.75) is 33.1 Å². The van der Waals surface area contributed by atoms with E-state index in [2.05, 4.69) is 14.9 Å². The third kappa shape index (κ3) is 4.30. The molecule has 1 saturated heterocycles. The smallest absolute Gasteiger partial charge is 0.292 e. The number of amides is 1. The summed E-state index contributed by atoms with van der Waals surface area (Å²) in [6.45, 7) is 6.97. The molecule has 1 amide bonds. The Balaban J connectivity index is 1.67. The number of benzene rings is 1. The van der Waals surface area contributed by atoms with Crippen LogP contribution in [0.3, 0.4) is 0 Å². The lowest BCUT2D eigenvalue weighted by Gasteiger charge is -2.15. The van der Waals surface area contributed by atoms with Gasteiger partial charge in [0.05, 0.1) is 16.5 Å². The molecule has 1 aliphatic rings. The van der Waals surface area contributed by atoms with Crippen molar-refractivity contribution in [1.29, 1.82) is 0 Å². The highest BCUT2D eigenvalue weighted by Gasteiger charge is 2.24. The first-order valence-electron chi connectivity index (χ1n) is 12.8. The lowest BCUT2D eigenvalue weighted by Crippen LogP contribution is -2.28. The molecule has 0 radical (unpaired) electrons. The summed E-state index contributed by atoms with van der Waals surface area (Å²) in [4.78, 5) is 43.2. The number of fused-ring (bicyclic) bond motifs is 1. The summed E-state index contributed by atoms with van der Waals surface area (Å²) >= 11 is 0. The largest absolute Gasteiger partial charge is 0.412 e. The first kappa shape index (κ1) is 25.5. The average Bonchev–Trinajstić information content (AvgIpc) is 3.51. The van der Waals surface area contributed by atoms with Crippen LogP contribution in [0.1, 0.15) is 40.2 Å². The highest BCUT2D eigenvalue weighted by atomic mass is 16.6. The molecule has 1 aromatic carbocycles. The van der Waals surface area contributed by atoms with Crippen LogP contribution >= 0.6 is 0 Å². The molecule has 38 heavy (non-hydrogen) atoms. The number of aryl methyl sites for hydroxylation is 2. The highest BCUT2D eigenvalue weighted by Crippen LogP contribution is 2.31. The van der Waals surface area contributed by atoms with Crippen LogP contribution in [-0.4, -0.2) is 56.8 Å². The summed E-state index contributed by atoms with van der Waals surface area (Å²) in [5.74, 6) is -0.218. The number of likely N-dealkylation sites (tertiary alicyclic amines) is 1. The van der Waals surface area contributed by atoms with Crippen LogP contribution in [0.5, 0.6) is 0 Å². The van der Waals surface area contributed by atoms with E-state index in [9.17, 15) is 9.59 Å². The molecule has 1 fully saturated rings. The van der Waals surface area contributed by atoms with E-state index in [1.165, 1.54) is 20.0 Å². The standard InChI is InChI=1S/C28H33N7O3/c1-16-8-7-9-17(2)22(16)19-15-21-24(29)31-26(32-27(21)35(38-4)28(19)37)20-14-18(33(3)23(20)25(30)36)10-13-34-11-5-6-12-34/h7-9,14-15H,5-6,10-13H2,1-4H3,(H2,30,36)(H2,29,31,32). The van der Waals surface area contributed by atoms with E-state index in [4.69, 9.17) is 16.3 Å². The molecule has 10 nitrogen and oxygen atoms in total. The molecule has 4 N–H and O–H groups in total. The van der Waals surface area contributed by atoms with Gasteiger partial charge in [0.25, 0.3) is 11.5 Å². The van der Waals surface area contributed by atoms with Crippen molar-refractivity contribution in [2.75, 3.05) is 32.5 Å². The Morgan fingerprint density at radius 2 is 1.76 bits per heavy atom. The van der Waals surface area contributed by atoms with Crippen LogP contribution in [0, 0.1) is 13.8 Å². The summed E-state index contributed by atoms with van der Waals surface area (Å²) in [5.41, 5.74) is 17.0. The van der Waals surface area contributed by atoms with Gasteiger partial charge in [0.1, 0.15) is 18.6 Å². The number of carbonyl (C=O) groups is 1. The first-order valence-corrected chi connectivity index (χ1v) is 12.8. The zero-order valence-electron chi connectivity index (χ0n) is 22.2. The van der Waals surface area contributed by atoms with E-state index < -0.39 is 5.91 Å². The zero-order chi connectivity index (χ0) is 27.1. The van der Waals surface area contributed by atoms with E-state index >= 15 is 0 Å². The van der Waals surface area contributed by atoms with Gasteiger partial charge in [0.15, 0.2) is 11.5 Å². The van der Waals surface area contributed by atoms with Gasteiger partial charge >= 0.3 is 0 Å². The Bertz CT molecular complexity index is 1590. The second-order valence-corrected chi connectivity index (χ2v) is 9.90. The van der Waals surface area contributed by atoms with Crippen molar-refractivity contribution >= 4 is 22.8 Å². The van der Waals surface area contributed by atoms with Gasteiger partial charge in [-0.05, 0) is 68.6 Å². The molecule has 0 spiro atoms. The van der Waals surface area contributed by atoms with Crippen molar-refractivity contribution in [2.24, 2.45) is 12.8 Å². The molecule has 0 aliphatic carbocycles. The van der Waals surface area contributed by atoms with Crippen LogP contribution in [0.25, 0.3) is 33.5 Å². The average molecular weight is 516 g/mol. The molecule has 1 aliphatic heterocycles. The summed E-state index contributed by atoms with van der Waals surface area (Å²) in [5, 5.41) is 0.471. The fraction of sp³-hybridized carbons (Fsp3) is 0.357. The molecule has 3 aromatic heterocycles. The van der Waals surface area contributed by atoms with Crippen LogP contribution in [0.2, 0.25) is 0 Å². The Hall–Kier alpha value is -4.18. The van der Waals surface area contributed by atoms with E-state index in [1.807, 2.05) is 45.2 Å². The number of hydrogen-bond donors (Lipinski definition) is 2. The number of nitrogen functional groups attached to an aromatic ring is 1. The third-order valence-electron chi connectivity index (χ3n) is 7.47. The first-order chi connectivity index (χ1) is 18.2. The summed E-state index contributed by atoms with van der Waals surface area (Å²) in [7, 11) is 3.22. The zero-order valence-corrected chi connectivity index (χ0v) is 22.2. The highest BCUT2D eigenvalue weighted by molar-refractivity contribution is 5.99. The minimum atomic E-state index is -0.591. The molecule has 4 heterocycles. The number of primary amides is 1. The van der Waals surface area contributed by atoms with Crippen molar-refractivity contribution < 1.29 is 9.63 Å². The predicted octanol–water partition coefficient (Wildman–Crippen LogP) is 2.46. The molecule has 0 unspecified atom stereocenters. The normalized spacial score (nSPS) is 13.9. The number of anilines is 1. The van der Waals surface area contributed by atoms with E-state index in [-0.39, 0.29) is 22.8 Å². The number of nitrogens with zero attached hydrogens (tertiary/aromatic N) is 5. The summed E-state index contributed by atoms with van der Waals surface area (Å²) in [6.07, 6.45) is 3.17. The molecule has 5 rings (SSSR count). The Kier molecular flexibility index (Phi) is 6.66. The third-order valence-corrected chi connectivity index (χ3v) is 7.47. The molecular weight excluding hydrogens is 482 g/mol. The van der Waals surface area contributed by atoms with E-state index in [1.54, 1.807) is 10.6 Å². The van der Waals surface area contributed by atoms with Gasteiger partial charge < -0.3 is 25.8 Å². The molecule has 10 heteroatoms. The second-order valence-electron chi connectivity index (χ2n) is 9.90. The lowest BCUT2D eigenvalue weighted by molar-refractivity contribution is 0.0993. The van der Waals surface area contributed by atoms with E-state index in [0.29, 0.717) is 22.2 Å². The summed E-state index contributed by atoms with van der Waals surface area (Å²) < 4.78 is 2.92. The molecule has 0 bridgehead atoms. The van der Waals surface area contributed by atoms with Crippen LogP contribution < -0.4 is 21.9 Å². The van der Waals surface area contributed by atoms with Crippen molar-refractivity contribution in [3.05, 3.63) is 63.2 Å². The Morgan fingerprint density at radius 1 is 1.08 bits per heavy atom. The van der Waals surface area contributed by atoms with Crippen LogP contribution in [-0.2, 0) is 13.5 Å². The number of nitrogens with two attached hydrogens (primary N) is 2. The molecule has 0 atom stereocenters. The van der Waals surface area contributed by atoms with E-state index in [0.717, 1.165) is 53.2 Å². The minimum Gasteiger partial charge on any atom is -0.412 e. The lowest BCUT2D eigenvalue weighted by atomic mass is 9.96. The Labute approximate surface area is 220 Å². The van der Waals surface area contributed by atoms with Gasteiger partial charge in [-0.3, -0.25) is 9.59 Å². The van der Waals surface area contributed by atoms with Gasteiger partial charge in [-0.1, -0.05) is 18.2 Å². The van der Waals surface area contributed by atoms with Crippen LogP contribution in [0.4, 0.5) is 5.82 Å². The van der Waals surface area contributed by atoms with Gasteiger partial charge in [-0.25, -0.2) is 9.97 Å². The van der Waals surface area contributed by atoms with Crippen LogP contribution in [0.15, 0.2) is 35.1 Å². The van der Waals surface area contributed by atoms with Crippen molar-refractivity contribution in [3.8, 4) is 22.5 Å². The molecule has 0 saturated carbocycles. The van der Waals surface area contributed by atoms with Crippen molar-refractivity contribution in [1.82, 2.24) is 24.2 Å². The number of carbonyl (C=O) groups excluding carboxylic acids is 1. The topological polar surface area (TPSA) is 134 Å². The molecular formula is C28H33N7O3. The monoisotopic (exact) mass is 515 g/mol. The quantitative estimate of drug-likeness (QED) is 0.386. The Morgan fingerprint density at radius 3 is 2.39 bits per heavy atom. The maximum absolute atomic E-state index is 13.6. The number of aromatic nitrogens is 4. The molecule has 198 valence electrons. The number of hydrogen-bond acceptors (Lipinski definition) is 7. The van der Waals surface area contributed by atoms with Gasteiger partial charge in [0.2, 0.25) is 0 Å². The van der Waals surface area contributed by atoms with Gasteiger partial charge in [-0.2, -0.15) is 0 Å². The molecule has 4 aromatic rings. The maximum Gasteiger partial charge on any atom is 0.292 e. The SMILES string of the molecule is COn1c(=O)c(-c2c(C)cccc2C)cc2c(N)nc(-c3cc(CCN4CCCC4)n(C)c3C(N)=O)nc21. The second kappa shape index (κ2) is 9.94. The van der Waals surface area contributed by atoms with Gasteiger partial charge in [0, 0.05) is 25.7 Å². The predicted molar refractivity (Wildman–Crippen MR) is 148 cm³/mol. The van der Waals surface area contributed by atoms with Crippen molar-refractivity contribution in [3.63, 3.8) is 0 Å². The number of pyridine rings is 1. The minimum absolute atomic E-state index is 0.168. The summed E-state index contributed by atoms with van der Waals surface area (Å²) in [6, 6.07) is 9.45. The fourth-order valence-corrected chi connectivity index (χ4v) is 5.53. The van der Waals surface area contributed by atoms with Gasteiger partial charge in [-0.15, -0.1) is 4.73 Å². The fourth-order valence-electron chi connectivity index (χ4n) is 5.53. The number of rotatable bonds is 7. The maximum atomic E-state index is 13.6.